The van der Waals surface area contributed by atoms with Crippen molar-refractivity contribution in [1.82, 2.24) is 9.80 Å². The first kappa shape index (κ1) is 28.6. The van der Waals surface area contributed by atoms with Gasteiger partial charge in [-0.25, -0.2) is 4.79 Å². The molecule has 202 valence electrons. The second-order valence-electron chi connectivity index (χ2n) is 12.1. The number of rotatable bonds is 7. The molecule has 0 bridgehead atoms. The molecule has 1 saturated heterocycles. The number of benzene rings is 2. The Bertz CT molecular complexity index is 1080. The summed E-state index contributed by atoms with van der Waals surface area (Å²) in [5, 5.41) is 15.8. The lowest BCUT2D eigenvalue weighted by Gasteiger charge is -2.49. The van der Waals surface area contributed by atoms with Gasteiger partial charge in [-0.15, -0.1) is 0 Å². The first-order chi connectivity index (χ1) is 17.1. The molecular weight excluding hydrogens is 468 g/mol. The molecule has 1 fully saturated rings. The molecule has 0 spiro atoms. The molecule has 37 heavy (non-hydrogen) atoms. The van der Waals surface area contributed by atoms with E-state index in [1.165, 1.54) is 0 Å². The first-order valence-corrected chi connectivity index (χ1v) is 12.8. The Balaban J connectivity index is 1.59. The first-order valence-electron chi connectivity index (χ1n) is 12.8. The number of hydrogen-bond acceptors (Lipinski definition) is 6. The average Bonchev–Trinajstić information content (AvgIpc) is 2.75. The number of hydrogen-bond donors (Lipinski definition) is 3. The lowest BCUT2D eigenvalue weighted by molar-refractivity contribution is -0.0410. The molecule has 0 atom stereocenters. The van der Waals surface area contributed by atoms with Crippen molar-refractivity contribution >= 4 is 23.4 Å². The number of amides is 2. The molecule has 0 aromatic heterocycles. The Morgan fingerprint density at radius 2 is 1.54 bits per heavy atom. The number of carbonyl (C=O) groups is 2. The normalized spacial score (nSPS) is 16.8. The molecule has 1 aliphatic rings. The van der Waals surface area contributed by atoms with Crippen LogP contribution in [0, 0.1) is 0 Å². The van der Waals surface area contributed by atoms with Crippen LogP contribution in [-0.2, 0) is 11.3 Å². The zero-order chi connectivity index (χ0) is 27.4. The van der Waals surface area contributed by atoms with Gasteiger partial charge >= 0.3 is 6.09 Å². The van der Waals surface area contributed by atoms with Crippen molar-refractivity contribution in [2.45, 2.75) is 71.8 Å². The van der Waals surface area contributed by atoms with Gasteiger partial charge in [0.2, 0.25) is 0 Å². The zero-order valence-corrected chi connectivity index (χ0v) is 23.2. The molecule has 1 aliphatic heterocycles. The third-order valence-corrected chi connectivity index (χ3v) is 6.16. The van der Waals surface area contributed by atoms with Crippen LogP contribution in [0.4, 0.5) is 16.2 Å². The van der Waals surface area contributed by atoms with Gasteiger partial charge in [-0.2, -0.15) is 0 Å². The highest BCUT2D eigenvalue weighted by Crippen LogP contribution is 2.25. The third kappa shape index (κ3) is 8.84. The smallest absolute Gasteiger partial charge is 0.412 e. The molecule has 2 aromatic rings. The van der Waals surface area contributed by atoms with Gasteiger partial charge in [-0.05, 0) is 78.3 Å². The Hall–Kier alpha value is -2.94. The molecule has 0 radical (unpaired) electrons. The predicted molar refractivity (Wildman–Crippen MR) is 148 cm³/mol. The molecule has 0 unspecified atom stereocenters. The van der Waals surface area contributed by atoms with E-state index in [1.807, 2.05) is 38.1 Å². The van der Waals surface area contributed by atoms with Crippen molar-refractivity contribution in [2.75, 3.05) is 36.8 Å². The van der Waals surface area contributed by atoms with Crippen LogP contribution in [0.25, 0.3) is 0 Å². The Kier molecular flexibility index (Phi) is 8.67. The number of carbonyl (C=O) groups excluding carboxylic acids is 2. The molecule has 8 heteroatoms. The summed E-state index contributed by atoms with van der Waals surface area (Å²) in [6.07, 6.45) is -0.581. The molecule has 0 saturated carbocycles. The van der Waals surface area contributed by atoms with E-state index < -0.39 is 17.3 Å². The second-order valence-corrected chi connectivity index (χ2v) is 12.1. The van der Waals surface area contributed by atoms with E-state index >= 15 is 0 Å². The number of β-amino-alcohol motifs (C(OH)–C–C–N with tert-alkyl or cyclic N) is 1. The minimum absolute atomic E-state index is 0.0428. The highest BCUT2D eigenvalue weighted by molar-refractivity contribution is 6.06. The number of nitrogens with one attached hydrogen (secondary N) is 2. The van der Waals surface area contributed by atoms with E-state index in [2.05, 4.69) is 34.3 Å². The fourth-order valence-corrected chi connectivity index (χ4v) is 4.52. The fraction of sp³-hybridized carbons (Fsp3) is 0.517. The van der Waals surface area contributed by atoms with Gasteiger partial charge in [-0.3, -0.25) is 19.9 Å². The van der Waals surface area contributed by atoms with E-state index in [0.717, 1.165) is 31.7 Å². The summed E-state index contributed by atoms with van der Waals surface area (Å²) in [4.78, 5) is 29.9. The summed E-state index contributed by atoms with van der Waals surface area (Å²) in [5.74, 6) is -0.258. The summed E-state index contributed by atoms with van der Waals surface area (Å²) >= 11 is 0. The van der Waals surface area contributed by atoms with Crippen molar-refractivity contribution in [3.8, 4) is 0 Å². The topological polar surface area (TPSA) is 94.1 Å². The molecular formula is C29H42N4O4. The number of nitrogens with zero attached hydrogens (tertiary/aromatic N) is 2. The summed E-state index contributed by atoms with van der Waals surface area (Å²) in [5.41, 5.74) is 1.24. The van der Waals surface area contributed by atoms with Crippen LogP contribution in [0.5, 0.6) is 0 Å². The Labute approximate surface area is 221 Å². The van der Waals surface area contributed by atoms with Crippen LogP contribution in [0.2, 0.25) is 0 Å². The fourth-order valence-electron chi connectivity index (χ4n) is 4.52. The molecule has 1 heterocycles. The highest BCUT2D eigenvalue weighted by Gasteiger charge is 2.36. The van der Waals surface area contributed by atoms with Crippen molar-refractivity contribution in [3.63, 3.8) is 0 Å². The second kappa shape index (κ2) is 11.2. The van der Waals surface area contributed by atoms with Gasteiger partial charge in [0.05, 0.1) is 17.0 Å². The van der Waals surface area contributed by atoms with Crippen LogP contribution in [0.15, 0.2) is 48.5 Å². The Morgan fingerprint density at radius 1 is 0.946 bits per heavy atom. The minimum atomic E-state index is -0.720. The standard InChI is InChI=1S/C29H42N4O4/c1-27(2,3)37-26(35)31-24-11-9-8-10-23(24)30-25(34)22-14-12-21(13-15-22)18-32-16-17-33(20-29(6,7)36)28(4,5)19-32/h8-15,36H,16-20H2,1-7H3,(H,30,34)(H,31,35). The maximum absolute atomic E-state index is 12.9. The van der Waals surface area contributed by atoms with Crippen molar-refractivity contribution in [2.24, 2.45) is 0 Å². The molecule has 8 nitrogen and oxygen atoms in total. The molecule has 2 amide bonds. The number of aliphatic hydroxyl groups is 1. The van der Waals surface area contributed by atoms with Gasteiger partial charge in [-0.1, -0.05) is 24.3 Å². The maximum atomic E-state index is 12.9. The summed E-state index contributed by atoms with van der Waals surface area (Å²) in [7, 11) is 0. The van der Waals surface area contributed by atoms with Gasteiger partial charge in [0.15, 0.2) is 0 Å². The quantitative estimate of drug-likeness (QED) is 0.488. The van der Waals surface area contributed by atoms with Crippen LogP contribution in [0.3, 0.4) is 0 Å². The summed E-state index contributed by atoms with van der Waals surface area (Å²) in [6.45, 7) is 17.7. The van der Waals surface area contributed by atoms with Crippen molar-refractivity contribution < 1.29 is 19.4 Å². The molecule has 3 rings (SSSR count). The summed E-state index contributed by atoms with van der Waals surface area (Å²) in [6, 6.07) is 14.6. The number of anilines is 2. The van der Waals surface area contributed by atoms with E-state index in [9.17, 15) is 14.7 Å². The minimum Gasteiger partial charge on any atom is -0.444 e. The van der Waals surface area contributed by atoms with E-state index in [0.29, 0.717) is 23.5 Å². The number of para-hydroxylation sites is 2. The SMILES string of the molecule is CC(C)(O)CN1CCN(Cc2ccc(C(=O)Nc3ccccc3NC(=O)OC(C)(C)C)cc2)CC1(C)C. The zero-order valence-electron chi connectivity index (χ0n) is 23.2. The van der Waals surface area contributed by atoms with Crippen LogP contribution >= 0.6 is 0 Å². The largest absolute Gasteiger partial charge is 0.444 e. The maximum Gasteiger partial charge on any atom is 0.412 e. The van der Waals surface area contributed by atoms with Crippen molar-refractivity contribution in [1.29, 1.82) is 0 Å². The van der Waals surface area contributed by atoms with Crippen LogP contribution in [0.1, 0.15) is 64.4 Å². The Morgan fingerprint density at radius 3 is 2.08 bits per heavy atom. The average molecular weight is 511 g/mol. The summed E-state index contributed by atoms with van der Waals surface area (Å²) < 4.78 is 5.32. The molecule has 3 N–H and O–H groups in total. The molecule has 0 aliphatic carbocycles. The molecule has 2 aromatic carbocycles. The van der Waals surface area contributed by atoms with Gasteiger partial charge in [0.25, 0.3) is 5.91 Å². The lowest BCUT2D eigenvalue weighted by atomic mass is 9.95. The predicted octanol–water partition coefficient (Wildman–Crippen LogP) is 4.95. The van der Waals surface area contributed by atoms with Crippen molar-refractivity contribution in [3.05, 3.63) is 59.7 Å². The lowest BCUT2D eigenvalue weighted by Crippen LogP contribution is -2.61. The van der Waals surface area contributed by atoms with Crippen LogP contribution in [-0.4, -0.2) is 69.8 Å². The van der Waals surface area contributed by atoms with Crippen LogP contribution < -0.4 is 10.6 Å². The van der Waals surface area contributed by atoms with Gasteiger partial charge < -0.3 is 15.2 Å². The van der Waals surface area contributed by atoms with E-state index in [1.54, 1.807) is 45.0 Å². The number of piperazine rings is 1. The number of ether oxygens (including phenoxy) is 1. The van der Waals surface area contributed by atoms with E-state index in [-0.39, 0.29) is 11.4 Å². The van der Waals surface area contributed by atoms with Gasteiger partial charge in [0, 0.05) is 43.8 Å². The highest BCUT2D eigenvalue weighted by atomic mass is 16.6. The third-order valence-electron chi connectivity index (χ3n) is 6.16. The monoisotopic (exact) mass is 510 g/mol. The van der Waals surface area contributed by atoms with E-state index in [4.69, 9.17) is 4.74 Å². The van der Waals surface area contributed by atoms with Gasteiger partial charge in [0.1, 0.15) is 5.60 Å².